The Bertz CT molecular complexity index is 886. The van der Waals surface area contributed by atoms with Crippen molar-refractivity contribution in [3.8, 4) is 0 Å². The Morgan fingerprint density at radius 3 is 2.17 bits per heavy atom. The molecule has 0 aliphatic heterocycles. The first-order valence-corrected chi connectivity index (χ1v) is 9.72. The average Bonchev–Trinajstić information content (AvgIpc) is 2.71. The molecule has 0 aliphatic carbocycles. The number of likely N-dealkylation sites (N-methyl/N-ethyl adjacent to an activating group) is 1. The third kappa shape index (κ3) is 6.97. The maximum absolute atomic E-state index is 13.7. The van der Waals surface area contributed by atoms with Crippen LogP contribution in [0.3, 0.4) is 0 Å². The van der Waals surface area contributed by atoms with Crippen LogP contribution < -0.4 is 16.0 Å². The smallest absolute Gasteiger partial charge is 0.238 e. The van der Waals surface area contributed by atoms with E-state index in [1.807, 2.05) is 6.92 Å². The van der Waals surface area contributed by atoms with Crippen molar-refractivity contribution in [2.75, 3.05) is 23.7 Å². The normalized spacial score (nSPS) is 11.6. The van der Waals surface area contributed by atoms with E-state index in [0.717, 1.165) is 0 Å². The minimum atomic E-state index is -0.560. The minimum absolute atomic E-state index is 0.0260. The van der Waals surface area contributed by atoms with Gasteiger partial charge in [0.15, 0.2) is 0 Å². The molecule has 8 heteroatoms. The molecule has 2 aromatic rings. The van der Waals surface area contributed by atoms with Crippen LogP contribution in [-0.2, 0) is 20.9 Å². The number of nitrogens with zero attached hydrogens (tertiary/aromatic N) is 1. The van der Waals surface area contributed by atoms with Gasteiger partial charge in [0, 0.05) is 30.4 Å². The van der Waals surface area contributed by atoms with E-state index in [4.69, 9.17) is 0 Å². The summed E-state index contributed by atoms with van der Waals surface area (Å²) in [6, 6.07) is 12.4. The first kappa shape index (κ1) is 23.0. The summed E-state index contributed by atoms with van der Waals surface area (Å²) in [5, 5.41) is 8.14. The van der Waals surface area contributed by atoms with Crippen molar-refractivity contribution >= 4 is 29.1 Å². The Hall–Kier alpha value is -3.26. The molecule has 0 bridgehead atoms. The van der Waals surface area contributed by atoms with Crippen LogP contribution in [-0.4, -0.2) is 41.8 Å². The minimum Gasteiger partial charge on any atom is -0.351 e. The van der Waals surface area contributed by atoms with Gasteiger partial charge in [-0.3, -0.25) is 19.3 Å². The Morgan fingerprint density at radius 2 is 1.60 bits per heavy atom. The SMILES string of the molecule is CCN(CC(=O)Nc1ccc(NC(C)=O)cc1)C(C)C(=O)NCc1ccccc1F. The van der Waals surface area contributed by atoms with E-state index in [2.05, 4.69) is 16.0 Å². The predicted molar refractivity (Wildman–Crippen MR) is 114 cm³/mol. The molecule has 0 radical (unpaired) electrons. The number of anilines is 2. The van der Waals surface area contributed by atoms with Gasteiger partial charge in [-0.1, -0.05) is 25.1 Å². The molecule has 2 aromatic carbocycles. The monoisotopic (exact) mass is 414 g/mol. The van der Waals surface area contributed by atoms with E-state index in [-0.39, 0.29) is 36.6 Å². The van der Waals surface area contributed by atoms with Crippen LogP contribution in [0.4, 0.5) is 15.8 Å². The second kappa shape index (κ2) is 11.1. The number of hydrogen-bond acceptors (Lipinski definition) is 4. The van der Waals surface area contributed by atoms with E-state index < -0.39 is 6.04 Å². The molecule has 1 unspecified atom stereocenters. The molecule has 2 rings (SSSR count). The molecular formula is C22H27FN4O3. The summed E-state index contributed by atoms with van der Waals surface area (Å²) in [6.07, 6.45) is 0. The lowest BCUT2D eigenvalue weighted by Crippen LogP contribution is -2.47. The van der Waals surface area contributed by atoms with Crippen LogP contribution in [0.25, 0.3) is 0 Å². The Labute approximate surface area is 175 Å². The van der Waals surface area contributed by atoms with Gasteiger partial charge < -0.3 is 16.0 Å². The largest absolute Gasteiger partial charge is 0.351 e. The number of amides is 3. The lowest BCUT2D eigenvalue weighted by molar-refractivity contribution is -0.127. The molecule has 1 atom stereocenters. The van der Waals surface area contributed by atoms with Crippen LogP contribution in [0.15, 0.2) is 48.5 Å². The van der Waals surface area contributed by atoms with Gasteiger partial charge in [-0.15, -0.1) is 0 Å². The van der Waals surface area contributed by atoms with Gasteiger partial charge in [0.05, 0.1) is 12.6 Å². The molecule has 0 spiro atoms. The zero-order valence-corrected chi connectivity index (χ0v) is 17.4. The van der Waals surface area contributed by atoms with Crippen molar-refractivity contribution in [3.05, 3.63) is 59.9 Å². The predicted octanol–water partition coefficient (Wildman–Crippen LogP) is 2.75. The van der Waals surface area contributed by atoms with Gasteiger partial charge in [0.25, 0.3) is 0 Å². The highest BCUT2D eigenvalue weighted by Gasteiger charge is 2.22. The van der Waals surface area contributed by atoms with Gasteiger partial charge in [-0.05, 0) is 43.8 Å². The number of halogens is 1. The van der Waals surface area contributed by atoms with Crippen molar-refractivity contribution in [1.29, 1.82) is 0 Å². The summed E-state index contributed by atoms with van der Waals surface area (Å²) in [5.74, 6) is -1.10. The van der Waals surface area contributed by atoms with Crippen LogP contribution in [0.2, 0.25) is 0 Å². The van der Waals surface area contributed by atoms with Crippen LogP contribution in [0.1, 0.15) is 26.3 Å². The molecule has 0 fully saturated rings. The number of rotatable bonds is 9. The molecule has 3 amide bonds. The molecule has 7 nitrogen and oxygen atoms in total. The first-order chi connectivity index (χ1) is 14.3. The molecule has 30 heavy (non-hydrogen) atoms. The Morgan fingerprint density at radius 1 is 1.00 bits per heavy atom. The number of carbonyl (C=O) groups excluding carboxylic acids is 3. The topological polar surface area (TPSA) is 90.5 Å². The van der Waals surface area contributed by atoms with Gasteiger partial charge in [0.2, 0.25) is 17.7 Å². The summed E-state index contributed by atoms with van der Waals surface area (Å²) in [4.78, 5) is 37.6. The fourth-order valence-corrected chi connectivity index (χ4v) is 2.89. The van der Waals surface area contributed by atoms with Crippen LogP contribution in [0, 0.1) is 5.82 Å². The van der Waals surface area contributed by atoms with Crippen molar-refractivity contribution in [2.45, 2.75) is 33.4 Å². The zero-order chi connectivity index (χ0) is 22.1. The summed E-state index contributed by atoms with van der Waals surface area (Å²) in [7, 11) is 0. The van der Waals surface area contributed by atoms with Crippen LogP contribution >= 0.6 is 0 Å². The summed E-state index contributed by atoms with van der Waals surface area (Å²) >= 11 is 0. The van der Waals surface area contributed by atoms with Crippen LogP contribution in [0.5, 0.6) is 0 Å². The Balaban J connectivity index is 1.88. The molecule has 3 N–H and O–H groups in total. The summed E-state index contributed by atoms with van der Waals surface area (Å²) in [6.45, 7) is 5.58. The summed E-state index contributed by atoms with van der Waals surface area (Å²) < 4.78 is 13.7. The van der Waals surface area contributed by atoms with E-state index in [1.165, 1.54) is 13.0 Å². The quantitative estimate of drug-likeness (QED) is 0.589. The fraction of sp³-hybridized carbons (Fsp3) is 0.318. The maximum Gasteiger partial charge on any atom is 0.238 e. The number of nitrogens with one attached hydrogen (secondary N) is 3. The van der Waals surface area contributed by atoms with E-state index in [0.29, 0.717) is 23.5 Å². The van der Waals surface area contributed by atoms with E-state index >= 15 is 0 Å². The molecule has 0 aromatic heterocycles. The highest BCUT2D eigenvalue weighted by atomic mass is 19.1. The fourth-order valence-electron chi connectivity index (χ4n) is 2.89. The van der Waals surface area contributed by atoms with Gasteiger partial charge in [0.1, 0.15) is 5.82 Å². The van der Waals surface area contributed by atoms with Crippen molar-refractivity contribution in [1.82, 2.24) is 10.2 Å². The molecular weight excluding hydrogens is 387 g/mol. The third-order valence-electron chi connectivity index (χ3n) is 4.58. The highest BCUT2D eigenvalue weighted by molar-refractivity contribution is 5.93. The first-order valence-electron chi connectivity index (χ1n) is 9.72. The second-order valence-corrected chi connectivity index (χ2v) is 6.85. The van der Waals surface area contributed by atoms with E-state index in [9.17, 15) is 18.8 Å². The average molecular weight is 414 g/mol. The third-order valence-corrected chi connectivity index (χ3v) is 4.58. The molecule has 160 valence electrons. The van der Waals surface area contributed by atoms with Gasteiger partial charge in [-0.25, -0.2) is 4.39 Å². The molecule has 0 aliphatic rings. The number of hydrogen-bond donors (Lipinski definition) is 3. The number of benzene rings is 2. The zero-order valence-electron chi connectivity index (χ0n) is 17.4. The lowest BCUT2D eigenvalue weighted by Gasteiger charge is -2.26. The lowest BCUT2D eigenvalue weighted by atomic mass is 10.2. The van der Waals surface area contributed by atoms with Gasteiger partial charge >= 0.3 is 0 Å². The van der Waals surface area contributed by atoms with Crippen molar-refractivity contribution in [2.24, 2.45) is 0 Å². The van der Waals surface area contributed by atoms with Gasteiger partial charge in [-0.2, -0.15) is 0 Å². The van der Waals surface area contributed by atoms with E-state index in [1.54, 1.807) is 54.3 Å². The summed E-state index contributed by atoms with van der Waals surface area (Å²) in [5.41, 5.74) is 1.62. The van der Waals surface area contributed by atoms with Crippen molar-refractivity contribution in [3.63, 3.8) is 0 Å². The van der Waals surface area contributed by atoms with Crippen molar-refractivity contribution < 1.29 is 18.8 Å². The second-order valence-electron chi connectivity index (χ2n) is 6.85. The standard InChI is InChI=1S/C22H27FN4O3/c1-4-27(15(2)22(30)24-13-17-7-5-6-8-20(17)23)14-21(29)26-19-11-9-18(10-12-19)25-16(3)28/h5-12,15H,4,13-14H2,1-3H3,(H,24,30)(H,25,28)(H,26,29). The Kier molecular flexibility index (Phi) is 8.49. The molecule has 0 heterocycles. The number of carbonyl (C=O) groups is 3. The molecule has 0 saturated heterocycles. The maximum atomic E-state index is 13.7. The molecule has 0 saturated carbocycles. The highest BCUT2D eigenvalue weighted by Crippen LogP contribution is 2.14.